The van der Waals surface area contributed by atoms with Gasteiger partial charge in [-0.2, -0.15) is 4.99 Å². The molecular formula is C23H27FN2O2S. The summed E-state index contributed by atoms with van der Waals surface area (Å²) in [6.45, 7) is 1.19. The summed E-state index contributed by atoms with van der Waals surface area (Å²) in [5, 5.41) is 0. The Bertz CT molecular complexity index is 981. The summed E-state index contributed by atoms with van der Waals surface area (Å²) in [6.07, 6.45) is 8.30. The predicted molar refractivity (Wildman–Crippen MR) is 110 cm³/mol. The second-order valence-electron chi connectivity index (χ2n) is 9.05. The lowest BCUT2D eigenvalue weighted by Gasteiger charge is -2.29. The van der Waals surface area contributed by atoms with Crippen molar-refractivity contribution in [3.63, 3.8) is 0 Å². The van der Waals surface area contributed by atoms with E-state index in [1.165, 1.54) is 36.7 Å². The topological polar surface area (TPSA) is 43.6 Å². The predicted octanol–water partition coefficient (Wildman–Crippen LogP) is 4.18. The minimum absolute atomic E-state index is 0.0812. The summed E-state index contributed by atoms with van der Waals surface area (Å²) in [5.74, 6) is 1.88. The first-order valence-corrected chi connectivity index (χ1v) is 11.4. The average molecular weight is 415 g/mol. The number of nitrogens with zero attached hydrogens (tertiary/aromatic N) is 2. The number of carbonyl (C=O) groups is 1. The molecule has 6 heteroatoms. The van der Waals surface area contributed by atoms with E-state index in [1.54, 1.807) is 13.2 Å². The van der Waals surface area contributed by atoms with E-state index in [1.807, 2.05) is 22.9 Å². The number of amides is 1. The van der Waals surface area contributed by atoms with Crippen molar-refractivity contribution >= 4 is 17.2 Å². The fraction of sp³-hybridized carbons (Fsp3) is 0.565. The summed E-state index contributed by atoms with van der Waals surface area (Å²) >= 11 is 1.50. The number of methoxy groups -OCH3 is 1. The maximum atomic E-state index is 14.1. The second kappa shape index (κ2) is 7.47. The van der Waals surface area contributed by atoms with Crippen molar-refractivity contribution in [1.82, 2.24) is 4.57 Å². The van der Waals surface area contributed by atoms with Gasteiger partial charge in [-0.15, -0.1) is 11.3 Å². The van der Waals surface area contributed by atoms with Gasteiger partial charge in [-0.3, -0.25) is 4.79 Å². The Morgan fingerprint density at radius 1 is 1.28 bits per heavy atom. The van der Waals surface area contributed by atoms with Gasteiger partial charge >= 0.3 is 0 Å². The molecule has 1 aromatic carbocycles. The Hall–Kier alpha value is -1.79. The first-order chi connectivity index (χ1) is 14.1. The SMILES string of the molecule is COCCn1cc(Cc2ccccc2F)s/c1=N\C(=O)C12CC3CC(CC1C3)C2. The molecule has 4 saturated carbocycles. The third-order valence-corrected chi connectivity index (χ3v) is 8.26. The summed E-state index contributed by atoms with van der Waals surface area (Å²) in [6, 6.07) is 6.85. The molecule has 1 amide bonds. The van der Waals surface area contributed by atoms with Gasteiger partial charge in [0, 0.05) is 31.1 Å². The van der Waals surface area contributed by atoms with E-state index in [0.29, 0.717) is 31.1 Å². The number of halogens is 1. The molecule has 6 rings (SSSR count). The van der Waals surface area contributed by atoms with Gasteiger partial charge in [-0.1, -0.05) is 18.2 Å². The Kier molecular flexibility index (Phi) is 4.95. The van der Waals surface area contributed by atoms with Crippen LogP contribution in [-0.4, -0.2) is 24.2 Å². The van der Waals surface area contributed by atoms with E-state index in [2.05, 4.69) is 4.99 Å². The zero-order valence-corrected chi connectivity index (χ0v) is 17.6. The number of rotatable bonds is 6. The van der Waals surface area contributed by atoms with Crippen LogP contribution >= 0.6 is 11.3 Å². The lowest BCUT2D eigenvalue weighted by molar-refractivity contribution is -0.129. The molecule has 1 heterocycles. The van der Waals surface area contributed by atoms with Crippen LogP contribution in [0.5, 0.6) is 0 Å². The summed E-state index contributed by atoms with van der Waals surface area (Å²) in [7, 11) is 1.67. The molecule has 0 N–H and O–H groups in total. The van der Waals surface area contributed by atoms with E-state index < -0.39 is 0 Å². The molecule has 2 atom stereocenters. The summed E-state index contributed by atoms with van der Waals surface area (Å²) in [5.41, 5.74) is 0.457. The largest absolute Gasteiger partial charge is 0.383 e. The van der Waals surface area contributed by atoms with E-state index >= 15 is 0 Å². The minimum Gasteiger partial charge on any atom is -0.383 e. The number of hydrogen-bond acceptors (Lipinski definition) is 3. The normalized spacial score (nSPS) is 30.4. The Balaban J connectivity index is 1.46. The second-order valence-corrected chi connectivity index (χ2v) is 10.1. The van der Waals surface area contributed by atoms with Gasteiger partial charge in [0.1, 0.15) is 5.82 Å². The van der Waals surface area contributed by atoms with Crippen LogP contribution < -0.4 is 4.80 Å². The number of ether oxygens (including phenoxy) is 1. The van der Waals surface area contributed by atoms with Crippen LogP contribution in [0.3, 0.4) is 0 Å². The Labute approximate surface area is 174 Å². The van der Waals surface area contributed by atoms with Crippen molar-refractivity contribution in [2.24, 2.45) is 28.2 Å². The van der Waals surface area contributed by atoms with E-state index in [4.69, 9.17) is 4.74 Å². The molecule has 4 nitrogen and oxygen atoms in total. The van der Waals surface area contributed by atoms with Crippen molar-refractivity contribution in [3.8, 4) is 0 Å². The van der Waals surface area contributed by atoms with Gasteiger partial charge in [0.15, 0.2) is 4.80 Å². The molecule has 0 saturated heterocycles. The molecule has 154 valence electrons. The number of carbonyl (C=O) groups excluding carboxylic acids is 1. The van der Waals surface area contributed by atoms with Gasteiger partial charge in [0.2, 0.25) is 0 Å². The highest BCUT2D eigenvalue weighted by atomic mass is 32.1. The van der Waals surface area contributed by atoms with Crippen LogP contribution in [0, 0.1) is 29.0 Å². The van der Waals surface area contributed by atoms with Crippen LogP contribution in [0.1, 0.15) is 42.5 Å². The molecule has 0 spiro atoms. The molecule has 4 aliphatic rings. The summed E-state index contributed by atoms with van der Waals surface area (Å²) in [4.78, 5) is 19.8. The molecule has 4 bridgehead atoms. The zero-order valence-electron chi connectivity index (χ0n) is 16.8. The monoisotopic (exact) mass is 414 g/mol. The lowest BCUT2D eigenvalue weighted by Crippen LogP contribution is -2.33. The molecule has 29 heavy (non-hydrogen) atoms. The van der Waals surface area contributed by atoms with Crippen molar-refractivity contribution in [2.45, 2.75) is 45.1 Å². The zero-order chi connectivity index (χ0) is 20.0. The molecule has 4 aliphatic carbocycles. The van der Waals surface area contributed by atoms with Gasteiger partial charge in [-0.25, -0.2) is 4.39 Å². The molecule has 0 radical (unpaired) electrons. The summed E-state index contributed by atoms with van der Waals surface area (Å²) < 4.78 is 21.3. The first kappa shape index (κ1) is 19.2. The number of thiazole rings is 1. The van der Waals surface area contributed by atoms with Crippen LogP contribution in [-0.2, 0) is 22.5 Å². The molecule has 4 fully saturated rings. The Morgan fingerprint density at radius 2 is 2.03 bits per heavy atom. The van der Waals surface area contributed by atoms with Crippen LogP contribution in [0.2, 0.25) is 0 Å². The van der Waals surface area contributed by atoms with Gasteiger partial charge < -0.3 is 9.30 Å². The number of benzene rings is 1. The van der Waals surface area contributed by atoms with E-state index in [-0.39, 0.29) is 17.1 Å². The van der Waals surface area contributed by atoms with Crippen LogP contribution in [0.25, 0.3) is 0 Å². The third kappa shape index (κ3) is 3.40. The van der Waals surface area contributed by atoms with Gasteiger partial charge in [-0.05, 0) is 61.5 Å². The lowest BCUT2D eigenvalue weighted by atomic mass is 9.75. The minimum atomic E-state index is -0.206. The molecule has 1 aromatic heterocycles. The van der Waals surface area contributed by atoms with E-state index in [9.17, 15) is 9.18 Å². The first-order valence-electron chi connectivity index (χ1n) is 10.6. The van der Waals surface area contributed by atoms with Gasteiger partial charge in [0.25, 0.3) is 5.91 Å². The molecule has 2 unspecified atom stereocenters. The van der Waals surface area contributed by atoms with Gasteiger partial charge in [0.05, 0.1) is 12.0 Å². The maximum absolute atomic E-state index is 14.1. The van der Waals surface area contributed by atoms with Crippen LogP contribution in [0.15, 0.2) is 35.5 Å². The highest BCUT2D eigenvalue weighted by Crippen LogP contribution is 2.65. The van der Waals surface area contributed by atoms with Crippen molar-refractivity contribution in [2.75, 3.05) is 13.7 Å². The van der Waals surface area contributed by atoms with Crippen molar-refractivity contribution in [1.29, 1.82) is 0 Å². The number of hydrogen-bond donors (Lipinski definition) is 0. The van der Waals surface area contributed by atoms with E-state index in [0.717, 1.165) is 34.4 Å². The highest BCUT2D eigenvalue weighted by molar-refractivity contribution is 7.09. The van der Waals surface area contributed by atoms with Crippen molar-refractivity contribution in [3.05, 3.63) is 51.5 Å². The molecule has 0 aliphatic heterocycles. The average Bonchev–Trinajstić information content (AvgIpc) is 3.28. The third-order valence-electron chi connectivity index (χ3n) is 7.24. The fourth-order valence-electron chi connectivity index (χ4n) is 6.12. The molecule has 2 aromatic rings. The van der Waals surface area contributed by atoms with Crippen LogP contribution in [0.4, 0.5) is 4.39 Å². The maximum Gasteiger partial charge on any atom is 0.254 e. The quantitative estimate of drug-likeness (QED) is 0.712. The van der Waals surface area contributed by atoms with Crippen molar-refractivity contribution < 1.29 is 13.9 Å². The standard InChI is InChI=1S/C23H27FN2O2S/c1-28-7-6-26-14-19(11-17-4-2-3-5-20(17)24)29-22(26)25-21(27)23-12-15-8-16(13-23)10-18(23)9-15/h2-5,14-16,18H,6-13H2,1H3/b25-22-. The highest BCUT2D eigenvalue weighted by Gasteiger charge is 2.61. The smallest absolute Gasteiger partial charge is 0.254 e. The fourth-order valence-corrected chi connectivity index (χ4v) is 7.15. The number of aromatic nitrogens is 1. The molecular weight excluding hydrogens is 387 g/mol. The Morgan fingerprint density at radius 3 is 2.76 bits per heavy atom.